The van der Waals surface area contributed by atoms with Crippen molar-refractivity contribution in [3.8, 4) is 0 Å². The van der Waals surface area contributed by atoms with Gasteiger partial charge < -0.3 is 5.73 Å². The standard InChI is InChI=1S/C10H9FN2/c1-6-2-4-8(11)10-7(6)3-5-9(12)13-10/h2-5H,1H3,(H2,12,13). The van der Waals surface area contributed by atoms with E-state index in [0.717, 1.165) is 10.9 Å². The van der Waals surface area contributed by atoms with Crippen LogP contribution in [0.5, 0.6) is 0 Å². The van der Waals surface area contributed by atoms with Crippen molar-refractivity contribution in [1.82, 2.24) is 4.98 Å². The number of hydrogen-bond donors (Lipinski definition) is 1. The van der Waals surface area contributed by atoms with E-state index in [1.165, 1.54) is 6.07 Å². The minimum absolute atomic E-state index is 0.326. The maximum Gasteiger partial charge on any atom is 0.149 e. The van der Waals surface area contributed by atoms with E-state index in [1.807, 2.05) is 6.92 Å². The largest absolute Gasteiger partial charge is 0.384 e. The van der Waals surface area contributed by atoms with Crippen LogP contribution in [0, 0.1) is 12.7 Å². The fourth-order valence-electron chi connectivity index (χ4n) is 1.34. The van der Waals surface area contributed by atoms with Crippen LogP contribution in [-0.2, 0) is 0 Å². The van der Waals surface area contributed by atoms with Gasteiger partial charge in [0.2, 0.25) is 0 Å². The maximum absolute atomic E-state index is 13.2. The SMILES string of the molecule is Cc1ccc(F)c2nc(N)ccc12. The molecule has 1 aromatic heterocycles. The second-order valence-electron chi connectivity index (χ2n) is 3.00. The zero-order valence-electron chi connectivity index (χ0n) is 7.21. The molecule has 0 amide bonds. The van der Waals surface area contributed by atoms with Gasteiger partial charge in [0.15, 0.2) is 0 Å². The Morgan fingerprint density at radius 3 is 2.77 bits per heavy atom. The molecule has 0 radical (unpaired) electrons. The molecule has 2 aromatic rings. The Morgan fingerprint density at radius 1 is 1.23 bits per heavy atom. The van der Waals surface area contributed by atoms with E-state index in [9.17, 15) is 4.39 Å². The average Bonchev–Trinajstić information content (AvgIpc) is 2.12. The van der Waals surface area contributed by atoms with Crippen LogP contribution in [0.2, 0.25) is 0 Å². The minimum Gasteiger partial charge on any atom is -0.384 e. The first kappa shape index (κ1) is 7.98. The van der Waals surface area contributed by atoms with Gasteiger partial charge in [-0.3, -0.25) is 0 Å². The number of aromatic nitrogens is 1. The molecule has 2 N–H and O–H groups in total. The van der Waals surface area contributed by atoms with Crippen molar-refractivity contribution in [2.24, 2.45) is 0 Å². The van der Waals surface area contributed by atoms with Crippen molar-refractivity contribution in [3.63, 3.8) is 0 Å². The summed E-state index contributed by atoms with van der Waals surface area (Å²) in [5, 5.41) is 0.814. The van der Waals surface area contributed by atoms with Crippen molar-refractivity contribution in [3.05, 3.63) is 35.6 Å². The summed E-state index contributed by atoms with van der Waals surface area (Å²) < 4.78 is 13.2. The number of anilines is 1. The number of rotatable bonds is 0. The molecular formula is C10H9FN2. The summed E-state index contributed by atoms with van der Waals surface area (Å²) in [7, 11) is 0. The molecule has 13 heavy (non-hydrogen) atoms. The maximum atomic E-state index is 13.2. The summed E-state index contributed by atoms with van der Waals surface area (Å²) in [4.78, 5) is 3.94. The lowest BCUT2D eigenvalue weighted by Crippen LogP contribution is -1.93. The Kier molecular flexibility index (Phi) is 1.65. The number of aryl methyl sites for hydroxylation is 1. The van der Waals surface area contributed by atoms with Crippen LogP contribution in [0.25, 0.3) is 10.9 Å². The van der Waals surface area contributed by atoms with Gasteiger partial charge in [-0.15, -0.1) is 0 Å². The molecule has 0 saturated heterocycles. The van der Waals surface area contributed by atoms with E-state index in [4.69, 9.17) is 5.73 Å². The van der Waals surface area contributed by atoms with Crippen LogP contribution in [0.15, 0.2) is 24.3 Å². The van der Waals surface area contributed by atoms with E-state index in [1.54, 1.807) is 18.2 Å². The summed E-state index contributed by atoms with van der Waals surface area (Å²) in [6.45, 7) is 1.92. The van der Waals surface area contributed by atoms with E-state index in [-0.39, 0.29) is 5.82 Å². The number of hydrogen-bond acceptors (Lipinski definition) is 2. The Morgan fingerprint density at radius 2 is 2.00 bits per heavy atom. The fourth-order valence-corrected chi connectivity index (χ4v) is 1.34. The molecule has 0 atom stereocenters. The molecule has 0 bridgehead atoms. The van der Waals surface area contributed by atoms with Crippen molar-refractivity contribution in [2.45, 2.75) is 6.92 Å². The average molecular weight is 176 g/mol. The molecule has 66 valence electrons. The molecule has 0 unspecified atom stereocenters. The second-order valence-corrected chi connectivity index (χ2v) is 3.00. The molecule has 0 saturated carbocycles. The highest BCUT2D eigenvalue weighted by Crippen LogP contribution is 2.20. The van der Waals surface area contributed by atoms with Crippen LogP contribution >= 0.6 is 0 Å². The molecule has 3 heteroatoms. The Bertz CT molecular complexity index is 466. The molecule has 1 aromatic carbocycles. The smallest absolute Gasteiger partial charge is 0.149 e. The van der Waals surface area contributed by atoms with Gasteiger partial charge in [-0.2, -0.15) is 0 Å². The highest BCUT2D eigenvalue weighted by molar-refractivity contribution is 5.83. The zero-order chi connectivity index (χ0) is 9.42. The molecule has 0 spiro atoms. The number of nitrogens with two attached hydrogens (primary N) is 1. The number of fused-ring (bicyclic) bond motifs is 1. The van der Waals surface area contributed by atoms with Gasteiger partial charge in [-0.1, -0.05) is 6.07 Å². The zero-order valence-corrected chi connectivity index (χ0v) is 7.21. The second kappa shape index (κ2) is 2.69. The van der Waals surface area contributed by atoms with Gasteiger partial charge in [0, 0.05) is 5.39 Å². The first-order chi connectivity index (χ1) is 6.18. The van der Waals surface area contributed by atoms with Crippen molar-refractivity contribution in [1.29, 1.82) is 0 Å². The van der Waals surface area contributed by atoms with Crippen molar-refractivity contribution >= 4 is 16.7 Å². The highest BCUT2D eigenvalue weighted by Gasteiger charge is 2.04. The van der Waals surface area contributed by atoms with Crippen molar-refractivity contribution < 1.29 is 4.39 Å². The third kappa shape index (κ3) is 1.22. The van der Waals surface area contributed by atoms with Crippen LogP contribution in [0.1, 0.15) is 5.56 Å². The number of benzene rings is 1. The molecule has 0 aliphatic carbocycles. The lowest BCUT2D eigenvalue weighted by atomic mass is 10.1. The Hall–Kier alpha value is -1.64. The number of pyridine rings is 1. The Balaban J connectivity index is 2.92. The molecule has 2 rings (SSSR count). The van der Waals surface area contributed by atoms with Gasteiger partial charge in [-0.05, 0) is 30.7 Å². The van der Waals surface area contributed by atoms with Gasteiger partial charge in [-0.25, -0.2) is 9.37 Å². The lowest BCUT2D eigenvalue weighted by molar-refractivity contribution is 0.636. The van der Waals surface area contributed by atoms with Crippen LogP contribution in [-0.4, -0.2) is 4.98 Å². The van der Waals surface area contributed by atoms with E-state index in [2.05, 4.69) is 4.98 Å². The topological polar surface area (TPSA) is 38.9 Å². The number of nitrogens with zero attached hydrogens (tertiary/aromatic N) is 1. The van der Waals surface area contributed by atoms with Gasteiger partial charge in [0.1, 0.15) is 17.2 Å². The first-order valence-corrected chi connectivity index (χ1v) is 4.00. The van der Waals surface area contributed by atoms with Gasteiger partial charge in [0.25, 0.3) is 0 Å². The predicted octanol–water partition coefficient (Wildman–Crippen LogP) is 2.26. The third-order valence-corrected chi connectivity index (χ3v) is 2.05. The molecule has 1 heterocycles. The van der Waals surface area contributed by atoms with Gasteiger partial charge >= 0.3 is 0 Å². The summed E-state index contributed by atoms with van der Waals surface area (Å²) in [6.07, 6.45) is 0. The number of halogens is 1. The Labute approximate surface area is 75.2 Å². The predicted molar refractivity (Wildman–Crippen MR) is 50.9 cm³/mol. The number of nitrogen functional groups attached to an aromatic ring is 1. The highest BCUT2D eigenvalue weighted by atomic mass is 19.1. The summed E-state index contributed by atoms with van der Waals surface area (Å²) >= 11 is 0. The summed E-state index contributed by atoms with van der Waals surface area (Å²) in [5.41, 5.74) is 6.82. The van der Waals surface area contributed by atoms with Gasteiger partial charge in [0.05, 0.1) is 0 Å². The first-order valence-electron chi connectivity index (χ1n) is 4.00. The quantitative estimate of drug-likeness (QED) is 0.668. The molecule has 0 aliphatic rings. The third-order valence-electron chi connectivity index (χ3n) is 2.05. The van der Waals surface area contributed by atoms with E-state index >= 15 is 0 Å². The summed E-state index contributed by atoms with van der Waals surface area (Å²) in [5.74, 6) is 0.0184. The van der Waals surface area contributed by atoms with Crippen LogP contribution in [0.3, 0.4) is 0 Å². The summed E-state index contributed by atoms with van der Waals surface area (Å²) in [6, 6.07) is 6.60. The fraction of sp³-hybridized carbons (Fsp3) is 0.100. The lowest BCUT2D eigenvalue weighted by Gasteiger charge is -2.02. The molecule has 0 aliphatic heterocycles. The van der Waals surface area contributed by atoms with Crippen LogP contribution in [0.4, 0.5) is 10.2 Å². The minimum atomic E-state index is -0.326. The van der Waals surface area contributed by atoms with Crippen LogP contribution < -0.4 is 5.73 Å². The van der Waals surface area contributed by atoms with E-state index < -0.39 is 0 Å². The van der Waals surface area contributed by atoms with E-state index in [0.29, 0.717) is 11.3 Å². The monoisotopic (exact) mass is 176 g/mol. The van der Waals surface area contributed by atoms with Crippen molar-refractivity contribution in [2.75, 3.05) is 5.73 Å². The molecule has 2 nitrogen and oxygen atoms in total. The normalized spacial score (nSPS) is 10.6. The molecule has 0 fully saturated rings. The molecular weight excluding hydrogens is 167 g/mol.